The van der Waals surface area contributed by atoms with Crippen LogP contribution in [-0.4, -0.2) is 39.2 Å². The predicted molar refractivity (Wildman–Crippen MR) is 67.9 cm³/mol. The summed E-state index contributed by atoms with van der Waals surface area (Å²) >= 11 is 0. The molecule has 0 aliphatic heterocycles. The molecule has 1 N–H and O–H groups in total. The molecule has 96 valence electrons. The van der Waals surface area contributed by atoms with Gasteiger partial charge < -0.3 is 15.0 Å². The van der Waals surface area contributed by atoms with Gasteiger partial charge in [-0.1, -0.05) is 13.0 Å². The van der Waals surface area contributed by atoms with Crippen LogP contribution in [0, 0.1) is 5.82 Å². The third kappa shape index (κ3) is 3.98. The topological polar surface area (TPSA) is 24.5 Å². The lowest BCUT2D eigenvalue weighted by Gasteiger charge is -2.22. The van der Waals surface area contributed by atoms with Crippen molar-refractivity contribution in [2.24, 2.45) is 0 Å². The second kappa shape index (κ2) is 6.57. The molecule has 0 heterocycles. The van der Waals surface area contributed by atoms with Crippen molar-refractivity contribution >= 4 is 0 Å². The minimum absolute atomic E-state index is 0.135. The zero-order valence-corrected chi connectivity index (χ0v) is 11.0. The van der Waals surface area contributed by atoms with Crippen LogP contribution in [0.3, 0.4) is 0 Å². The van der Waals surface area contributed by atoms with Gasteiger partial charge >= 0.3 is 0 Å². The Morgan fingerprint density at radius 2 is 2.12 bits per heavy atom. The molecule has 3 nitrogen and oxygen atoms in total. The number of hydrogen-bond acceptors (Lipinski definition) is 3. The number of hydrogen-bond donors (Lipinski definition) is 1. The number of methoxy groups -OCH3 is 1. The van der Waals surface area contributed by atoms with Crippen molar-refractivity contribution in [1.82, 2.24) is 10.2 Å². The Morgan fingerprint density at radius 1 is 1.41 bits per heavy atom. The maximum absolute atomic E-state index is 13.6. The average molecular weight is 240 g/mol. The summed E-state index contributed by atoms with van der Waals surface area (Å²) in [5.41, 5.74) is 0.943. The summed E-state index contributed by atoms with van der Waals surface area (Å²) < 4.78 is 18.5. The molecule has 0 bridgehead atoms. The Bertz CT molecular complexity index is 355. The summed E-state index contributed by atoms with van der Waals surface area (Å²) in [7, 11) is 5.48. The first-order valence-electron chi connectivity index (χ1n) is 5.80. The standard InChI is InChI=1S/C13H21FN2O/c1-5-15-12(9-16(2)3)10-6-7-13(17-4)11(14)8-10/h6-8,12,15H,5,9H2,1-4H3. The highest BCUT2D eigenvalue weighted by Gasteiger charge is 2.13. The van der Waals surface area contributed by atoms with E-state index in [1.165, 1.54) is 13.2 Å². The van der Waals surface area contributed by atoms with Gasteiger partial charge in [0.15, 0.2) is 11.6 Å². The number of likely N-dealkylation sites (N-methyl/N-ethyl adjacent to an activating group) is 2. The van der Waals surface area contributed by atoms with E-state index >= 15 is 0 Å². The van der Waals surface area contributed by atoms with E-state index < -0.39 is 0 Å². The van der Waals surface area contributed by atoms with E-state index in [4.69, 9.17) is 4.74 Å². The molecule has 0 aliphatic carbocycles. The van der Waals surface area contributed by atoms with Gasteiger partial charge in [-0.3, -0.25) is 0 Å². The van der Waals surface area contributed by atoms with Gasteiger partial charge in [-0.05, 0) is 38.3 Å². The molecule has 0 fully saturated rings. The third-order valence-corrected chi connectivity index (χ3v) is 2.58. The molecule has 1 unspecified atom stereocenters. The SMILES string of the molecule is CCNC(CN(C)C)c1ccc(OC)c(F)c1. The number of halogens is 1. The number of benzene rings is 1. The molecular formula is C13H21FN2O. The Kier molecular flexibility index (Phi) is 5.38. The monoisotopic (exact) mass is 240 g/mol. The molecule has 0 aromatic heterocycles. The van der Waals surface area contributed by atoms with Gasteiger partial charge in [-0.25, -0.2) is 4.39 Å². The van der Waals surface area contributed by atoms with Gasteiger partial charge in [0.05, 0.1) is 7.11 Å². The molecule has 1 atom stereocenters. The fourth-order valence-electron chi connectivity index (χ4n) is 1.80. The Balaban J connectivity index is 2.89. The van der Waals surface area contributed by atoms with Gasteiger partial charge in [0.2, 0.25) is 0 Å². The van der Waals surface area contributed by atoms with Crippen molar-refractivity contribution in [1.29, 1.82) is 0 Å². The largest absolute Gasteiger partial charge is 0.494 e. The van der Waals surface area contributed by atoms with Gasteiger partial charge in [-0.2, -0.15) is 0 Å². The molecule has 0 radical (unpaired) electrons. The first-order valence-corrected chi connectivity index (χ1v) is 5.80. The summed E-state index contributed by atoms with van der Waals surface area (Å²) in [6.07, 6.45) is 0. The van der Waals surface area contributed by atoms with Crippen molar-refractivity contribution in [3.63, 3.8) is 0 Å². The molecule has 17 heavy (non-hydrogen) atoms. The van der Waals surface area contributed by atoms with E-state index in [0.717, 1.165) is 18.7 Å². The average Bonchev–Trinajstić information content (AvgIpc) is 2.28. The molecule has 4 heteroatoms. The Hall–Kier alpha value is -1.13. The van der Waals surface area contributed by atoms with Crippen LogP contribution < -0.4 is 10.1 Å². The quantitative estimate of drug-likeness (QED) is 0.823. The van der Waals surface area contributed by atoms with Crippen molar-refractivity contribution in [3.8, 4) is 5.75 Å². The Morgan fingerprint density at radius 3 is 2.59 bits per heavy atom. The predicted octanol–water partition coefficient (Wildman–Crippen LogP) is 2.05. The zero-order valence-electron chi connectivity index (χ0n) is 11.0. The zero-order chi connectivity index (χ0) is 12.8. The maximum atomic E-state index is 13.6. The van der Waals surface area contributed by atoms with Crippen molar-refractivity contribution in [2.75, 3.05) is 34.3 Å². The van der Waals surface area contributed by atoms with Crippen molar-refractivity contribution < 1.29 is 9.13 Å². The molecule has 0 saturated carbocycles. The highest BCUT2D eigenvalue weighted by molar-refractivity contribution is 5.31. The lowest BCUT2D eigenvalue weighted by molar-refractivity contribution is 0.343. The van der Waals surface area contributed by atoms with Crippen LogP contribution in [0.25, 0.3) is 0 Å². The highest BCUT2D eigenvalue weighted by Crippen LogP contribution is 2.22. The minimum atomic E-state index is -0.313. The van der Waals surface area contributed by atoms with Crippen LogP contribution >= 0.6 is 0 Å². The maximum Gasteiger partial charge on any atom is 0.165 e. The van der Waals surface area contributed by atoms with Crippen LogP contribution in [-0.2, 0) is 0 Å². The summed E-state index contributed by atoms with van der Waals surface area (Å²) in [6, 6.07) is 5.24. The smallest absolute Gasteiger partial charge is 0.165 e. The molecule has 1 aromatic rings. The number of nitrogens with one attached hydrogen (secondary N) is 1. The molecule has 1 rings (SSSR count). The first-order chi connectivity index (χ1) is 8.08. The summed E-state index contributed by atoms with van der Waals surface area (Å²) in [5.74, 6) is -0.0273. The molecule has 1 aromatic carbocycles. The Labute approximate surface area is 103 Å². The number of ether oxygens (including phenoxy) is 1. The summed E-state index contributed by atoms with van der Waals surface area (Å²) in [5, 5.41) is 3.35. The first kappa shape index (κ1) is 13.9. The summed E-state index contributed by atoms with van der Waals surface area (Å²) in [4.78, 5) is 2.08. The second-order valence-corrected chi connectivity index (χ2v) is 4.27. The van der Waals surface area contributed by atoms with E-state index in [2.05, 4.69) is 10.2 Å². The highest BCUT2D eigenvalue weighted by atomic mass is 19.1. The lowest BCUT2D eigenvalue weighted by Crippen LogP contribution is -2.31. The van der Waals surface area contributed by atoms with E-state index in [0.29, 0.717) is 0 Å². The minimum Gasteiger partial charge on any atom is -0.494 e. The molecule has 0 aliphatic rings. The van der Waals surface area contributed by atoms with E-state index in [-0.39, 0.29) is 17.6 Å². The third-order valence-electron chi connectivity index (χ3n) is 2.58. The second-order valence-electron chi connectivity index (χ2n) is 4.27. The van der Waals surface area contributed by atoms with Gasteiger partial charge in [0, 0.05) is 12.6 Å². The lowest BCUT2D eigenvalue weighted by atomic mass is 10.1. The van der Waals surface area contributed by atoms with Crippen LogP contribution in [0.5, 0.6) is 5.75 Å². The fourth-order valence-corrected chi connectivity index (χ4v) is 1.80. The van der Waals surface area contributed by atoms with Gasteiger partial charge in [0.25, 0.3) is 0 Å². The normalized spacial score (nSPS) is 12.8. The van der Waals surface area contributed by atoms with Crippen LogP contribution in [0.1, 0.15) is 18.5 Å². The molecular weight excluding hydrogens is 219 g/mol. The molecule has 0 amide bonds. The van der Waals surface area contributed by atoms with Crippen LogP contribution in [0.4, 0.5) is 4.39 Å². The fraction of sp³-hybridized carbons (Fsp3) is 0.538. The molecule has 0 saturated heterocycles. The van der Waals surface area contributed by atoms with Gasteiger partial charge in [-0.15, -0.1) is 0 Å². The van der Waals surface area contributed by atoms with Crippen LogP contribution in [0.15, 0.2) is 18.2 Å². The van der Waals surface area contributed by atoms with Crippen molar-refractivity contribution in [2.45, 2.75) is 13.0 Å². The number of nitrogens with zero attached hydrogens (tertiary/aromatic N) is 1. The van der Waals surface area contributed by atoms with E-state index in [9.17, 15) is 4.39 Å². The van der Waals surface area contributed by atoms with Crippen molar-refractivity contribution in [3.05, 3.63) is 29.6 Å². The van der Waals surface area contributed by atoms with Gasteiger partial charge in [0.1, 0.15) is 0 Å². The summed E-state index contributed by atoms with van der Waals surface area (Å²) in [6.45, 7) is 3.73. The van der Waals surface area contributed by atoms with E-state index in [1.54, 1.807) is 6.07 Å². The molecule has 0 spiro atoms. The van der Waals surface area contributed by atoms with Crippen LogP contribution in [0.2, 0.25) is 0 Å². The van der Waals surface area contributed by atoms with E-state index in [1.807, 2.05) is 27.1 Å². The number of rotatable bonds is 6.